The van der Waals surface area contributed by atoms with E-state index in [4.69, 9.17) is 9.26 Å². The first kappa shape index (κ1) is 20.5. The van der Waals surface area contributed by atoms with Gasteiger partial charge < -0.3 is 13.8 Å². The molecular weight excluding hydrogens is 392 g/mol. The summed E-state index contributed by atoms with van der Waals surface area (Å²) in [4.78, 5) is 20.7. The molecule has 0 saturated heterocycles. The van der Waals surface area contributed by atoms with Gasteiger partial charge in [-0.15, -0.1) is 12.4 Å². The van der Waals surface area contributed by atoms with Crippen LogP contribution in [0.25, 0.3) is 22.3 Å². The summed E-state index contributed by atoms with van der Waals surface area (Å²) in [5.74, 6) is 1.29. The molecule has 0 unspecified atom stereocenters. The van der Waals surface area contributed by atoms with Crippen molar-refractivity contribution in [3.05, 3.63) is 64.9 Å². The Balaban J connectivity index is 0.00000240. The lowest BCUT2D eigenvalue weighted by atomic mass is 10.1. The zero-order valence-corrected chi connectivity index (χ0v) is 17.4. The van der Waals surface area contributed by atoms with Gasteiger partial charge in [0.15, 0.2) is 5.65 Å². The maximum atomic E-state index is 11.6. The smallest absolute Gasteiger partial charge is 0.337 e. The Morgan fingerprint density at radius 1 is 1.17 bits per heavy atom. The summed E-state index contributed by atoms with van der Waals surface area (Å²) in [5, 5.41) is 4.03. The zero-order valence-electron chi connectivity index (χ0n) is 16.6. The number of methoxy groups -OCH3 is 1. The minimum Gasteiger partial charge on any atom is -0.465 e. The van der Waals surface area contributed by atoms with Crippen LogP contribution in [0.1, 0.15) is 33.2 Å². The molecule has 0 atom stereocenters. The van der Waals surface area contributed by atoms with Gasteiger partial charge in [0.25, 0.3) is 0 Å². The van der Waals surface area contributed by atoms with Crippen molar-refractivity contribution < 1.29 is 14.1 Å². The standard InChI is InChI=1S/C21H20N4O3.ClH/c1-12-19(13(2)28-24-12)17-9-18-20(22-10-17)23-14(3)25(18)11-15-5-7-16(8-6-15)21(26)27-4;/h5-10H,11H2,1-4H3;1H. The van der Waals surface area contributed by atoms with E-state index < -0.39 is 0 Å². The van der Waals surface area contributed by atoms with E-state index in [1.54, 1.807) is 18.3 Å². The Bertz CT molecular complexity index is 1160. The van der Waals surface area contributed by atoms with Crippen LogP contribution in [0.2, 0.25) is 0 Å². The number of esters is 1. The highest BCUT2D eigenvalue weighted by Gasteiger charge is 2.16. The molecule has 0 aliphatic carbocycles. The van der Waals surface area contributed by atoms with Crippen molar-refractivity contribution in [2.75, 3.05) is 7.11 Å². The summed E-state index contributed by atoms with van der Waals surface area (Å²) in [5.41, 5.74) is 5.96. The van der Waals surface area contributed by atoms with Crippen LogP contribution in [-0.4, -0.2) is 32.8 Å². The Hall–Kier alpha value is -3.19. The number of rotatable bonds is 4. The fraction of sp³-hybridized carbons (Fsp3) is 0.238. The van der Waals surface area contributed by atoms with Crippen LogP contribution in [0.4, 0.5) is 0 Å². The second-order valence-electron chi connectivity index (χ2n) is 6.70. The van der Waals surface area contributed by atoms with E-state index in [0.717, 1.165) is 39.5 Å². The number of aromatic nitrogens is 4. The van der Waals surface area contributed by atoms with Gasteiger partial charge in [0, 0.05) is 23.9 Å². The lowest BCUT2D eigenvalue weighted by Crippen LogP contribution is -2.04. The van der Waals surface area contributed by atoms with Crippen LogP contribution in [-0.2, 0) is 11.3 Å². The predicted molar refractivity (Wildman–Crippen MR) is 111 cm³/mol. The van der Waals surface area contributed by atoms with Crippen molar-refractivity contribution in [3.8, 4) is 11.1 Å². The number of carbonyl (C=O) groups is 1. The van der Waals surface area contributed by atoms with Gasteiger partial charge in [-0.25, -0.2) is 14.8 Å². The van der Waals surface area contributed by atoms with Crippen molar-refractivity contribution >= 4 is 29.5 Å². The molecule has 0 amide bonds. The lowest BCUT2D eigenvalue weighted by molar-refractivity contribution is 0.0600. The van der Waals surface area contributed by atoms with Gasteiger partial charge in [0.2, 0.25) is 0 Å². The Labute approximate surface area is 174 Å². The van der Waals surface area contributed by atoms with Crippen molar-refractivity contribution in [1.29, 1.82) is 0 Å². The highest BCUT2D eigenvalue weighted by Crippen LogP contribution is 2.29. The van der Waals surface area contributed by atoms with Crippen LogP contribution >= 0.6 is 12.4 Å². The van der Waals surface area contributed by atoms with E-state index in [-0.39, 0.29) is 18.4 Å². The molecule has 3 aromatic heterocycles. The molecule has 0 aliphatic heterocycles. The third-order valence-electron chi connectivity index (χ3n) is 4.83. The molecular formula is C21H21ClN4O3. The van der Waals surface area contributed by atoms with Gasteiger partial charge in [-0.2, -0.15) is 0 Å². The minimum atomic E-state index is -0.343. The van der Waals surface area contributed by atoms with Gasteiger partial charge in [0.05, 0.1) is 23.9 Å². The summed E-state index contributed by atoms with van der Waals surface area (Å²) in [6, 6.07) is 9.44. The summed E-state index contributed by atoms with van der Waals surface area (Å²) in [7, 11) is 1.38. The summed E-state index contributed by atoms with van der Waals surface area (Å²) >= 11 is 0. The van der Waals surface area contributed by atoms with E-state index in [1.807, 2.05) is 32.9 Å². The number of halogens is 1. The molecule has 0 bridgehead atoms. The van der Waals surface area contributed by atoms with E-state index in [1.165, 1.54) is 7.11 Å². The van der Waals surface area contributed by atoms with Crippen LogP contribution in [0.15, 0.2) is 41.1 Å². The van der Waals surface area contributed by atoms with E-state index in [2.05, 4.69) is 25.8 Å². The average Bonchev–Trinajstić information content (AvgIpc) is 3.20. The third-order valence-corrected chi connectivity index (χ3v) is 4.83. The number of carbonyl (C=O) groups excluding carboxylic acids is 1. The first-order valence-electron chi connectivity index (χ1n) is 8.91. The van der Waals surface area contributed by atoms with Crippen molar-refractivity contribution in [3.63, 3.8) is 0 Å². The lowest BCUT2D eigenvalue weighted by Gasteiger charge is -2.09. The quantitative estimate of drug-likeness (QED) is 0.465. The number of pyridine rings is 1. The Kier molecular flexibility index (Phi) is 5.70. The molecule has 0 spiro atoms. The number of hydrogen-bond acceptors (Lipinski definition) is 6. The fourth-order valence-electron chi connectivity index (χ4n) is 3.40. The maximum absolute atomic E-state index is 11.6. The molecule has 8 heteroatoms. The summed E-state index contributed by atoms with van der Waals surface area (Å²) in [6.07, 6.45) is 1.80. The van der Waals surface area contributed by atoms with Crippen molar-refractivity contribution in [1.82, 2.24) is 19.7 Å². The van der Waals surface area contributed by atoms with Gasteiger partial charge in [-0.05, 0) is 44.5 Å². The van der Waals surface area contributed by atoms with Crippen LogP contribution in [0, 0.1) is 20.8 Å². The second kappa shape index (κ2) is 8.05. The maximum Gasteiger partial charge on any atom is 0.337 e. The van der Waals surface area contributed by atoms with Crippen molar-refractivity contribution in [2.24, 2.45) is 0 Å². The summed E-state index contributed by atoms with van der Waals surface area (Å²) < 4.78 is 12.2. The number of nitrogens with zero attached hydrogens (tertiary/aromatic N) is 4. The predicted octanol–water partition coefficient (Wildman–Crippen LogP) is 4.27. The highest BCUT2D eigenvalue weighted by atomic mass is 35.5. The number of imidazole rings is 1. The molecule has 0 N–H and O–H groups in total. The third kappa shape index (κ3) is 3.73. The molecule has 0 saturated carbocycles. The molecule has 150 valence electrons. The van der Waals surface area contributed by atoms with E-state index in [9.17, 15) is 4.79 Å². The monoisotopic (exact) mass is 412 g/mol. The van der Waals surface area contributed by atoms with E-state index >= 15 is 0 Å². The molecule has 3 heterocycles. The zero-order chi connectivity index (χ0) is 19.8. The second-order valence-corrected chi connectivity index (χ2v) is 6.70. The van der Waals surface area contributed by atoms with E-state index in [0.29, 0.717) is 17.8 Å². The molecule has 4 rings (SSSR count). The highest BCUT2D eigenvalue weighted by molar-refractivity contribution is 5.89. The molecule has 0 fully saturated rings. The first-order chi connectivity index (χ1) is 13.5. The SMILES string of the molecule is COC(=O)c1ccc(Cn2c(C)nc3ncc(-c4c(C)noc4C)cc32)cc1.Cl. The van der Waals surface area contributed by atoms with Crippen LogP contribution in [0.3, 0.4) is 0 Å². The minimum absolute atomic E-state index is 0. The number of ether oxygens (including phenoxy) is 1. The Morgan fingerprint density at radius 3 is 2.52 bits per heavy atom. The number of hydrogen-bond donors (Lipinski definition) is 0. The molecule has 1 aromatic carbocycles. The molecule has 29 heavy (non-hydrogen) atoms. The molecule has 7 nitrogen and oxygen atoms in total. The Morgan fingerprint density at radius 2 is 1.90 bits per heavy atom. The van der Waals surface area contributed by atoms with Crippen LogP contribution < -0.4 is 0 Å². The normalized spacial score (nSPS) is 10.8. The molecule has 0 aliphatic rings. The summed E-state index contributed by atoms with van der Waals surface area (Å²) in [6.45, 7) is 6.39. The van der Waals surface area contributed by atoms with Gasteiger partial charge in [-0.1, -0.05) is 17.3 Å². The van der Waals surface area contributed by atoms with Crippen molar-refractivity contribution in [2.45, 2.75) is 27.3 Å². The number of benzene rings is 1. The first-order valence-corrected chi connectivity index (χ1v) is 8.91. The number of aryl methyl sites for hydroxylation is 3. The fourth-order valence-corrected chi connectivity index (χ4v) is 3.40. The average molecular weight is 413 g/mol. The van der Waals surface area contributed by atoms with Gasteiger partial charge >= 0.3 is 5.97 Å². The number of fused-ring (bicyclic) bond motifs is 1. The largest absolute Gasteiger partial charge is 0.465 e. The van der Waals surface area contributed by atoms with Gasteiger partial charge in [0.1, 0.15) is 11.6 Å². The molecule has 0 radical (unpaired) electrons. The van der Waals surface area contributed by atoms with Gasteiger partial charge in [-0.3, -0.25) is 0 Å². The topological polar surface area (TPSA) is 83.0 Å². The molecule has 4 aromatic rings. The van der Waals surface area contributed by atoms with Crippen LogP contribution in [0.5, 0.6) is 0 Å².